The minimum Gasteiger partial charge on any atom is -0.245 e. The van der Waals surface area contributed by atoms with Crippen molar-refractivity contribution in [2.24, 2.45) is 0 Å². The molecule has 2 rings (SSSR count). The Labute approximate surface area is 114 Å². The van der Waals surface area contributed by atoms with Gasteiger partial charge in [-0.2, -0.15) is 0 Å². The second-order valence-corrected chi connectivity index (χ2v) is 6.69. The van der Waals surface area contributed by atoms with Crippen molar-refractivity contribution in [3.8, 4) is 0 Å². The first kappa shape index (κ1) is 13.7. The van der Waals surface area contributed by atoms with Crippen molar-refractivity contribution in [3.63, 3.8) is 0 Å². The van der Waals surface area contributed by atoms with Crippen LogP contribution in [0.2, 0.25) is 0 Å². The zero-order valence-electron chi connectivity index (χ0n) is 11.1. The first-order valence-electron chi connectivity index (χ1n) is 6.20. The molecular formula is C15H17NO2S. The van der Waals surface area contributed by atoms with Crippen LogP contribution in [-0.4, -0.2) is 19.2 Å². The number of benzene rings is 1. The van der Waals surface area contributed by atoms with Crippen molar-refractivity contribution >= 4 is 9.84 Å². The van der Waals surface area contributed by atoms with E-state index in [4.69, 9.17) is 0 Å². The molecule has 100 valence electrons. The van der Waals surface area contributed by atoms with E-state index < -0.39 is 9.84 Å². The van der Waals surface area contributed by atoms with Gasteiger partial charge in [0.15, 0.2) is 14.9 Å². The molecular weight excluding hydrogens is 258 g/mol. The highest BCUT2D eigenvalue weighted by atomic mass is 32.2. The minimum atomic E-state index is -3.34. The van der Waals surface area contributed by atoms with E-state index in [2.05, 4.69) is 4.98 Å². The quantitative estimate of drug-likeness (QED) is 0.862. The smallest absolute Gasteiger partial charge is 0.196 e. The van der Waals surface area contributed by atoms with Crippen LogP contribution >= 0.6 is 0 Å². The molecule has 3 nitrogen and oxygen atoms in total. The van der Waals surface area contributed by atoms with E-state index in [1.165, 1.54) is 6.20 Å². The van der Waals surface area contributed by atoms with Gasteiger partial charge in [0.05, 0.1) is 5.75 Å². The van der Waals surface area contributed by atoms with Crippen molar-refractivity contribution in [1.29, 1.82) is 0 Å². The monoisotopic (exact) mass is 275 g/mol. The predicted octanol–water partition coefficient (Wildman–Crippen LogP) is 2.97. The largest absolute Gasteiger partial charge is 0.245 e. The lowest BCUT2D eigenvalue weighted by molar-refractivity contribution is 0.586. The molecule has 4 heteroatoms. The number of aromatic nitrogens is 1. The standard InChI is InChI=1S/C15H17NO2S/c1-12-7-3-4-8-14(12)13(2)11-19(17,18)15-9-5-6-10-16-15/h3-10,13H,11H2,1-2H3/t13-/m1/s1. The molecule has 1 aromatic heterocycles. The zero-order valence-corrected chi connectivity index (χ0v) is 11.9. The number of rotatable bonds is 4. The van der Waals surface area contributed by atoms with Crippen molar-refractivity contribution in [3.05, 3.63) is 59.8 Å². The summed E-state index contributed by atoms with van der Waals surface area (Å²) in [5.74, 6) is 0.0303. The van der Waals surface area contributed by atoms with Crippen molar-refractivity contribution in [1.82, 2.24) is 4.98 Å². The number of pyridine rings is 1. The molecule has 1 heterocycles. The predicted molar refractivity (Wildman–Crippen MR) is 75.9 cm³/mol. The molecule has 19 heavy (non-hydrogen) atoms. The van der Waals surface area contributed by atoms with Crippen molar-refractivity contribution in [2.45, 2.75) is 24.8 Å². The Kier molecular flexibility index (Phi) is 4.00. The molecule has 0 spiro atoms. The van der Waals surface area contributed by atoms with E-state index in [0.717, 1.165) is 11.1 Å². The second-order valence-electron chi connectivity index (χ2n) is 4.71. The normalized spacial score (nSPS) is 13.2. The molecule has 0 aliphatic carbocycles. The number of hydrogen-bond donors (Lipinski definition) is 0. The summed E-state index contributed by atoms with van der Waals surface area (Å²) in [5, 5.41) is 0.149. The van der Waals surface area contributed by atoms with E-state index in [0.29, 0.717) is 0 Å². The van der Waals surface area contributed by atoms with Gasteiger partial charge in [0.2, 0.25) is 0 Å². The Balaban J connectivity index is 2.24. The molecule has 0 bridgehead atoms. The van der Waals surface area contributed by atoms with E-state index in [1.807, 2.05) is 38.1 Å². The summed E-state index contributed by atoms with van der Waals surface area (Å²) in [4.78, 5) is 3.93. The van der Waals surface area contributed by atoms with E-state index in [1.54, 1.807) is 18.2 Å². The second kappa shape index (κ2) is 5.53. The Morgan fingerprint density at radius 1 is 1.11 bits per heavy atom. The van der Waals surface area contributed by atoms with Gasteiger partial charge >= 0.3 is 0 Å². The highest BCUT2D eigenvalue weighted by molar-refractivity contribution is 7.91. The molecule has 0 aliphatic heterocycles. The van der Waals surface area contributed by atoms with E-state index >= 15 is 0 Å². The minimum absolute atomic E-state index is 0.0480. The maximum absolute atomic E-state index is 12.3. The molecule has 2 aromatic rings. The lowest BCUT2D eigenvalue weighted by Crippen LogP contribution is -2.14. The number of sulfone groups is 1. The van der Waals surface area contributed by atoms with Gasteiger partial charge in [-0.05, 0) is 36.1 Å². The van der Waals surface area contributed by atoms with Crippen molar-refractivity contribution in [2.75, 3.05) is 5.75 Å². The molecule has 0 saturated carbocycles. The molecule has 0 saturated heterocycles. The fourth-order valence-corrected chi connectivity index (χ4v) is 3.69. The van der Waals surface area contributed by atoms with E-state index in [9.17, 15) is 8.42 Å². The molecule has 0 radical (unpaired) electrons. The van der Waals surface area contributed by atoms with Gasteiger partial charge in [0.25, 0.3) is 0 Å². The number of hydrogen-bond acceptors (Lipinski definition) is 3. The van der Waals surface area contributed by atoms with Gasteiger partial charge in [0, 0.05) is 6.20 Å². The Hall–Kier alpha value is -1.68. The first-order valence-corrected chi connectivity index (χ1v) is 7.85. The topological polar surface area (TPSA) is 47.0 Å². The maximum Gasteiger partial charge on any atom is 0.196 e. The van der Waals surface area contributed by atoms with Gasteiger partial charge in [-0.1, -0.05) is 37.3 Å². The van der Waals surface area contributed by atoms with Crippen LogP contribution in [0.5, 0.6) is 0 Å². The van der Waals surface area contributed by atoms with Crippen LogP contribution in [0.25, 0.3) is 0 Å². The number of aryl methyl sites for hydroxylation is 1. The average molecular weight is 275 g/mol. The van der Waals surface area contributed by atoms with Gasteiger partial charge in [-0.25, -0.2) is 13.4 Å². The Morgan fingerprint density at radius 2 is 1.79 bits per heavy atom. The molecule has 0 N–H and O–H groups in total. The average Bonchev–Trinajstić information content (AvgIpc) is 2.39. The molecule has 0 unspecified atom stereocenters. The van der Waals surface area contributed by atoms with Crippen LogP contribution in [0.1, 0.15) is 24.0 Å². The van der Waals surface area contributed by atoms with Crippen molar-refractivity contribution < 1.29 is 8.42 Å². The highest BCUT2D eigenvalue weighted by Gasteiger charge is 2.21. The van der Waals surface area contributed by atoms with Crippen LogP contribution in [-0.2, 0) is 9.84 Å². The zero-order chi connectivity index (χ0) is 13.9. The summed E-state index contributed by atoms with van der Waals surface area (Å²) in [5.41, 5.74) is 2.19. The van der Waals surface area contributed by atoms with Crippen LogP contribution in [0.15, 0.2) is 53.7 Å². The third-order valence-corrected chi connectivity index (χ3v) is 4.96. The maximum atomic E-state index is 12.3. The summed E-state index contributed by atoms with van der Waals surface area (Å²) in [6.45, 7) is 3.93. The summed E-state index contributed by atoms with van der Waals surface area (Å²) in [7, 11) is -3.34. The SMILES string of the molecule is Cc1ccccc1[C@H](C)CS(=O)(=O)c1ccccn1. The van der Waals surface area contributed by atoms with Crippen LogP contribution in [0.4, 0.5) is 0 Å². The lowest BCUT2D eigenvalue weighted by atomic mass is 9.98. The lowest BCUT2D eigenvalue weighted by Gasteiger charge is -2.14. The fraction of sp³-hybridized carbons (Fsp3) is 0.267. The van der Waals surface area contributed by atoms with Crippen LogP contribution < -0.4 is 0 Å². The molecule has 1 aromatic carbocycles. The van der Waals surface area contributed by atoms with Gasteiger partial charge in [-0.15, -0.1) is 0 Å². The summed E-state index contributed by atoms with van der Waals surface area (Å²) >= 11 is 0. The molecule has 0 fully saturated rings. The van der Waals surface area contributed by atoms with Gasteiger partial charge in [0.1, 0.15) is 0 Å². The fourth-order valence-electron chi connectivity index (χ4n) is 2.18. The third-order valence-electron chi connectivity index (χ3n) is 3.15. The third kappa shape index (κ3) is 3.20. The highest BCUT2D eigenvalue weighted by Crippen LogP contribution is 2.23. The van der Waals surface area contributed by atoms with Gasteiger partial charge < -0.3 is 0 Å². The van der Waals surface area contributed by atoms with Crippen LogP contribution in [0, 0.1) is 6.92 Å². The summed E-state index contributed by atoms with van der Waals surface area (Å²) in [6, 6.07) is 12.8. The summed E-state index contributed by atoms with van der Waals surface area (Å²) < 4.78 is 24.5. The van der Waals surface area contributed by atoms with E-state index in [-0.39, 0.29) is 16.7 Å². The first-order chi connectivity index (χ1) is 9.00. The van der Waals surface area contributed by atoms with Gasteiger partial charge in [-0.3, -0.25) is 0 Å². The number of nitrogens with zero attached hydrogens (tertiary/aromatic N) is 1. The summed E-state index contributed by atoms with van der Waals surface area (Å²) in [6.07, 6.45) is 1.51. The molecule has 1 atom stereocenters. The Bertz CT molecular complexity index is 651. The molecule has 0 amide bonds. The Morgan fingerprint density at radius 3 is 2.42 bits per heavy atom. The van der Waals surface area contributed by atoms with Crippen LogP contribution in [0.3, 0.4) is 0 Å². The molecule has 0 aliphatic rings.